The Morgan fingerprint density at radius 2 is 1.57 bits per heavy atom. The van der Waals surface area contributed by atoms with Crippen LogP contribution < -0.4 is 11.2 Å². The fourth-order valence-corrected chi connectivity index (χ4v) is 2.67. The Bertz CT molecular complexity index is 752. The number of fused-ring (bicyclic) bond motifs is 1. The van der Waals surface area contributed by atoms with Gasteiger partial charge in [-0.25, -0.2) is 9.78 Å². The molecule has 0 bridgehead atoms. The highest BCUT2D eigenvalue weighted by atomic mass is 16.2. The van der Waals surface area contributed by atoms with Crippen molar-refractivity contribution < 1.29 is 0 Å². The average Bonchev–Trinajstić information content (AvgIpc) is 2.80. The van der Waals surface area contributed by atoms with Gasteiger partial charge in [0, 0.05) is 27.6 Å². The molecule has 0 radical (unpaired) electrons. The van der Waals surface area contributed by atoms with E-state index in [4.69, 9.17) is 0 Å². The van der Waals surface area contributed by atoms with Crippen molar-refractivity contribution in [2.24, 2.45) is 21.1 Å². The van der Waals surface area contributed by atoms with Crippen LogP contribution in [0.4, 0.5) is 0 Å². The molecule has 6 nitrogen and oxygen atoms in total. The summed E-state index contributed by atoms with van der Waals surface area (Å²) in [4.78, 5) is 28.7. The fraction of sp³-hybridized carbons (Fsp3) is 0.667. The predicted octanol–water partition coefficient (Wildman–Crippen LogP) is 1.48. The van der Waals surface area contributed by atoms with Crippen LogP contribution in [0.3, 0.4) is 0 Å². The summed E-state index contributed by atoms with van der Waals surface area (Å²) < 4.78 is 4.41. The number of aromatic nitrogens is 4. The van der Waals surface area contributed by atoms with Gasteiger partial charge in [-0.05, 0) is 6.42 Å². The molecule has 0 aromatic carbocycles. The van der Waals surface area contributed by atoms with Crippen molar-refractivity contribution in [1.82, 2.24) is 18.7 Å². The van der Waals surface area contributed by atoms with Gasteiger partial charge in [-0.3, -0.25) is 13.9 Å². The molecule has 2 rings (SSSR count). The van der Waals surface area contributed by atoms with Crippen molar-refractivity contribution in [3.8, 4) is 0 Å². The second-order valence-corrected chi connectivity index (χ2v) is 5.63. The number of hydrogen-bond donors (Lipinski definition) is 0. The van der Waals surface area contributed by atoms with Crippen LogP contribution in [-0.4, -0.2) is 18.7 Å². The lowest BCUT2D eigenvalue weighted by atomic mass is 10.1. The Morgan fingerprint density at radius 1 is 0.905 bits per heavy atom. The molecule has 0 spiro atoms. The van der Waals surface area contributed by atoms with E-state index in [0.717, 1.165) is 23.2 Å². The van der Waals surface area contributed by atoms with Gasteiger partial charge in [0.15, 0.2) is 11.2 Å². The molecule has 2 heterocycles. The van der Waals surface area contributed by atoms with E-state index >= 15 is 0 Å². The standard InChI is InChI=1S/C15H24N4O2/c1-5-6-7-8-9-10-11-16-13-12(17(11)2)14(20)19(4)15(21)18(13)3/h5-10H2,1-4H3. The summed E-state index contributed by atoms with van der Waals surface area (Å²) in [5.74, 6) is 0.875. The maximum atomic E-state index is 12.2. The third kappa shape index (κ3) is 2.80. The number of hydrogen-bond acceptors (Lipinski definition) is 3. The zero-order valence-corrected chi connectivity index (χ0v) is 13.3. The zero-order valence-electron chi connectivity index (χ0n) is 13.3. The molecule has 0 aliphatic heterocycles. The smallest absolute Gasteiger partial charge is 0.325 e. The molecule has 0 unspecified atom stereocenters. The number of imidazole rings is 1. The van der Waals surface area contributed by atoms with Gasteiger partial charge in [0.1, 0.15) is 5.82 Å². The number of nitrogens with zero attached hydrogens (tertiary/aromatic N) is 4. The third-order valence-corrected chi connectivity index (χ3v) is 4.07. The van der Waals surface area contributed by atoms with Gasteiger partial charge in [-0.15, -0.1) is 0 Å². The van der Waals surface area contributed by atoms with Gasteiger partial charge in [0.25, 0.3) is 5.56 Å². The molecular formula is C15H24N4O2. The molecular weight excluding hydrogens is 268 g/mol. The van der Waals surface area contributed by atoms with Crippen molar-refractivity contribution in [2.75, 3.05) is 0 Å². The minimum absolute atomic E-state index is 0.277. The van der Waals surface area contributed by atoms with E-state index in [9.17, 15) is 9.59 Å². The van der Waals surface area contributed by atoms with Crippen molar-refractivity contribution >= 4 is 11.2 Å². The SMILES string of the molecule is CCCCCCCc1nc2c(c(=O)n(C)c(=O)n2C)n1C. The van der Waals surface area contributed by atoms with E-state index < -0.39 is 0 Å². The van der Waals surface area contributed by atoms with Crippen molar-refractivity contribution in [1.29, 1.82) is 0 Å². The summed E-state index contributed by atoms with van der Waals surface area (Å²) >= 11 is 0. The molecule has 0 atom stereocenters. The van der Waals surface area contributed by atoms with E-state index in [-0.39, 0.29) is 11.2 Å². The highest BCUT2D eigenvalue weighted by Crippen LogP contribution is 2.12. The maximum absolute atomic E-state index is 12.2. The first-order valence-corrected chi connectivity index (χ1v) is 7.60. The van der Waals surface area contributed by atoms with Crippen LogP contribution in [0.15, 0.2) is 9.59 Å². The molecule has 0 fully saturated rings. The van der Waals surface area contributed by atoms with E-state index in [1.54, 1.807) is 7.05 Å². The normalized spacial score (nSPS) is 11.4. The Labute approximate surface area is 124 Å². The van der Waals surface area contributed by atoms with Gasteiger partial charge in [-0.2, -0.15) is 0 Å². The summed E-state index contributed by atoms with van der Waals surface area (Å²) in [6.45, 7) is 2.20. The summed E-state index contributed by atoms with van der Waals surface area (Å²) in [5.41, 5.74) is 0.373. The Hall–Kier alpha value is -1.85. The molecule has 0 saturated heterocycles. The van der Waals surface area contributed by atoms with Crippen LogP contribution in [0, 0.1) is 0 Å². The molecule has 2 aromatic rings. The average molecular weight is 292 g/mol. The first kappa shape index (κ1) is 15.5. The third-order valence-electron chi connectivity index (χ3n) is 4.07. The molecule has 6 heteroatoms. The van der Waals surface area contributed by atoms with E-state index in [0.29, 0.717) is 11.2 Å². The van der Waals surface area contributed by atoms with E-state index in [2.05, 4.69) is 11.9 Å². The minimum Gasteiger partial charge on any atom is -0.325 e. The van der Waals surface area contributed by atoms with Gasteiger partial charge in [-0.1, -0.05) is 32.6 Å². The summed E-state index contributed by atoms with van der Waals surface area (Å²) in [5, 5.41) is 0. The van der Waals surface area contributed by atoms with E-state index in [1.807, 2.05) is 11.6 Å². The molecule has 21 heavy (non-hydrogen) atoms. The Morgan fingerprint density at radius 3 is 2.24 bits per heavy atom. The van der Waals surface area contributed by atoms with Gasteiger partial charge < -0.3 is 4.57 Å². The Kier molecular flexibility index (Phi) is 4.65. The summed E-state index contributed by atoms with van der Waals surface area (Å²) in [6, 6.07) is 0. The van der Waals surface area contributed by atoms with Crippen molar-refractivity contribution in [3.05, 3.63) is 26.7 Å². The van der Waals surface area contributed by atoms with Crippen LogP contribution in [-0.2, 0) is 27.6 Å². The van der Waals surface area contributed by atoms with Crippen LogP contribution in [0.1, 0.15) is 44.9 Å². The molecule has 0 aliphatic carbocycles. The van der Waals surface area contributed by atoms with Gasteiger partial charge in [0.2, 0.25) is 0 Å². The second kappa shape index (κ2) is 6.28. The maximum Gasteiger partial charge on any atom is 0.332 e. The summed E-state index contributed by atoms with van der Waals surface area (Å²) in [7, 11) is 5.01. The predicted molar refractivity (Wildman–Crippen MR) is 83.7 cm³/mol. The highest BCUT2D eigenvalue weighted by molar-refractivity contribution is 5.70. The topological polar surface area (TPSA) is 61.8 Å². The molecule has 0 amide bonds. The lowest BCUT2D eigenvalue weighted by molar-refractivity contribution is 0.615. The Balaban J connectivity index is 2.34. The fourth-order valence-electron chi connectivity index (χ4n) is 2.67. The monoisotopic (exact) mass is 292 g/mol. The van der Waals surface area contributed by atoms with Crippen LogP contribution >= 0.6 is 0 Å². The molecule has 116 valence electrons. The first-order chi connectivity index (χ1) is 9.99. The van der Waals surface area contributed by atoms with Crippen LogP contribution in [0.25, 0.3) is 11.2 Å². The van der Waals surface area contributed by atoms with Crippen LogP contribution in [0.5, 0.6) is 0 Å². The quantitative estimate of drug-likeness (QED) is 0.758. The summed E-state index contributed by atoms with van der Waals surface area (Å²) in [6.07, 6.45) is 6.80. The second-order valence-electron chi connectivity index (χ2n) is 5.63. The van der Waals surface area contributed by atoms with Gasteiger partial charge in [0.05, 0.1) is 0 Å². The molecule has 0 saturated carbocycles. The van der Waals surface area contributed by atoms with E-state index in [1.165, 1.54) is 37.3 Å². The van der Waals surface area contributed by atoms with Crippen LogP contribution in [0.2, 0.25) is 0 Å². The van der Waals surface area contributed by atoms with Crippen molar-refractivity contribution in [2.45, 2.75) is 45.4 Å². The lowest BCUT2D eigenvalue weighted by Crippen LogP contribution is -2.37. The van der Waals surface area contributed by atoms with Crippen molar-refractivity contribution in [3.63, 3.8) is 0 Å². The molecule has 2 aromatic heterocycles. The largest absolute Gasteiger partial charge is 0.332 e. The lowest BCUT2D eigenvalue weighted by Gasteiger charge is -2.03. The molecule has 0 aliphatic rings. The first-order valence-electron chi connectivity index (χ1n) is 7.60. The number of rotatable bonds is 6. The number of unbranched alkanes of at least 4 members (excludes halogenated alkanes) is 4. The highest BCUT2D eigenvalue weighted by Gasteiger charge is 2.16. The van der Waals surface area contributed by atoms with Gasteiger partial charge >= 0.3 is 5.69 Å². The molecule has 0 N–H and O–H groups in total. The zero-order chi connectivity index (χ0) is 15.6. The number of aryl methyl sites for hydroxylation is 3. The minimum atomic E-state index is -0.333.